The number of carbonyl (C=O) groups is 1. The second-order valence-electron chi connectivity index (χ2n) is 8.36. The second-order valence-corrected chi connectivity index (χ2v) is 9.18. The first-order chi connectivity index (χ1) is 17.9. The van der Waals surface area contributed by atoms with Crippen LogP contribution in [0.2, 0.25) is 10.0 Å². The van der Waals surface area contributed by atoms with Crippen LogP contribution in [0.3, 0.4) is 0 Å². The molecule has 1 aliphatic rings. The third kappa shape index (κ3) is 4.85. The third-order valence-corrected chi connectivity index (χ3v) is 6.74. The molecular weight excluding hydrogens is 513 g/mol. The maximum atomic E-state index is 13.6. The second kappa shape index (κ2) is 10.2. The molecule has 3 aromatic carbocycles. The molecule has 0 radical (unpaired) electrons. The van der Waals surface area contributed by atoms with E-state index in [1.807, 2.05) is 55.5 Å². The van der Waals surface area contributed by atoms with Crippen molar-refractivity contribution in [3.8, 4) is 22.9 Å². The lowest BCUT2D eigenvalue weighted by molar-refractivity contribution is -0.113. The number of nitrogens with zero attached hydrogens (tertiary/aromatic N) is 3. The molecule has 8 nitrogen and oxygen atoms in total. The van der Waals surface area contributed by atoms with Crippen molar-refractivity contribution in [2.24, 2.45) is 0 Å². The van der Waals surface area contributed by atoms with Gasteiger partial charge >= 0.3 is 0 Å². The average Bonchev–Trinajstić information content (AvgIpc) is 3.33. The molecule has 2 heterocycles. The van der Waals surface area contributed by atoms with Crippen molar-refractivity contribution in [2.45, 2.75) is 13.0 Å². The van der Waals surface area contributed by atoms with Gasteiger partial charge in [-0.05, 0) is 48.9 Å². The van der Waals surface area contributed by atoms with Crippen molar-refractivity contribution in [3.05, 3.63) is 93.6 Å². The van der Waals surface area contributed by atoms with Crippen LogP contribution in [-0.2, 0) is 4.79 Å². The van der Waals surface area contributed by atoms with Gasteiger partial charge in [0.25, 0.3) is 5.91 Å². The summed E-state index contributed by atoms with van der Waals surface area (Å²) < 4.78 is 12.5. The molecule has 1 atom stereocenters. The first-order valence-electron chi connectivity index (χ1n) is 11.4. The van der Waals surface area contributed by atoms with Crippen molar-refractivity contribution in [3.63, 3.8) is 0 Å². The molecule has 0 aliphatic carbocycles. The molecule has 37 heavy (non-hydrogen) atoms. The van der Waals surface area contributed by atoms with Gasteiger partial charge in [-0.2, -0.15) is 4.98 Å². The smallest absolute Gasteiger partial charge is 0.255 e. The number of allylic oxidation sites excluding steroid dienone is 1. The number of anilines is 2. The Labute approximate surface area is 223 Å². The minimum atomic E-state index is -0.622. The third-order valence-electron chi connectivity index (χ3n) is 6.00. The van der Waals surface area contributed by atoms with Gasteiger partial charge in [0.15, 0.2) is 5.82 Å². The summed E-state index contributed by atoms with van der Waals surface area (Å²) >= 11 is 12.6. The molecule has 0 saturated carbocycles. The standard InChI is InChI=1S/C27H23Cl2N5O3/c1-15-23(26(35)31-18-7-5-4-6-8-18)24(16-9-10-21(28)22(29)13-16)34-27(30-15)32-25(33-34)17-11-19(36-2)14-20(12-17)37-3/h4-14,24H,1-3H3,(H,31,35)(H,30,32,33). The number of fused-ring (bicyclic) bond motifs is 1. The van der Waals surface area contributed by atoms with Gasteiger partial charge in [-0.1, -0.05) is 47.5 Å². The van der Waals surface area contributed by atoms with Gasteiger partial charge < -0.3 is 20.1 Å². The number of aromatic nitrogens is 3. The molecule has 1 unspecified atom stereocenters. The lowest BCUT2D eigenvalue weighted by atomic mass is 9.95. The van der Waals surface area contributed by atoms with Crippen molar-refractivity contribution in [1.29, 1.82) is 0 Å². The summed E-state index contributed by atoms with van der Waals surface area (Å²) in [5, 5.41) is 11.8. The zero-order valence-corrected chi connectivity index (χ0v) is 21.8. The van der Waals surface area contributed by atoms with Gasteiger partial charge in [0.05, 0.1) is 29.8 Å². The molecule has 0 spiro atoms. The fourth-order valence-electron chi connectivity index (χ4n) is 4.21. The topological polar surface area (TPSA) is 90.3 Å². The van der Waals surface area contributed by atoms with E-state index in [0.717, 1.165) is 5.56 Å². The highest BCUT2D eigenvalue weighted by atomic mass is 35.5. The molecule has 188 valence electrons. The predicted octanol–water partition coefficient (Wildman–Crippen LogP) is 6.20. The first-order valence-corrected chi connectivity index (χ1v) is 12.1. The summed E-state index contributed by atoms with van der Waals surface area (Å²) in [5.74, 6) is 1.84. The number of hydrogen-bond acceptors (Lipinski definition) is 6. The van der Waals surface area contributed by atoms with Crippen LogP contribution in [0, 0.1) is 0 Å². The van der Waals surface area contributed by atoms with Crippen molar-refractivity contribution >= 4 is 40.7 Å². The quantitative estimate of drug-likeness (QED) is 0.305. The summed E-state index contributed by atoms with van der Waals surface area (Å²) in [6, 6.07) is 19.3. The van der Waals surface area contributed by atoms with Crippen LogP contribution < -0.4 is 20.1 Å². The molecule has 0 bridgehead atoms. The highest BCUT2D eigenvalue weighted by Crippen LogP contribution is 2.39. The van der Waals surface area contributed by atoms with Gasteiger partial charge in [0, 0.05) is 23.0 Å². The lowest BCUT2D eigenvalue weighted by Gasteiger charge is -2.29. The van der Waals surface area contributed by atoms with E-state index < -0.39 is 6.04 Å². The molecule has 2 N–H and O–H groups in total. The molecule has 0 saturated heterocycles. The number of methoxy groups -OCH3 is 2. The molecule has 1 aromatic heterocycles. The summed E-state index contributed by atoms with van der Waals surface area (Å²) in [6.45, 7) is 1.83. The Balaban J connectivity index is 1.63. The monoisotopic (exact) mass is 535 g/mol. The van der Waals surface area contributed by atoms with E-state index in [9.17, 15) is 4.79 Å². The highest BCUT2D eigenvalue weighted by molar-refractivity contribution is 6.42. The van der Waals surface area contributed by atoms with E-state index in [0.29, 0.717) is 55.8 Å². The van der Waals surface area contributed by atoms with E-state index in [1.54, 1.807) is 37.1 Å². The van der Waals surface area contributed by atoms with E-state index in [2.05, 4.69) is 10.6 Å². The fraction of sp³-hybridized carbons (Fsp3) is 0.148. The van der Waals surface area contributed by atoms with Crippen LogP contribution >= 0.6 is 23.2 Å². The Morgan fingerprint density at radius 3 is 2.32 bits per heavy atom. The number of benzene rings is 3. The van der Waals surface area contributed by atoms with E-state index in [1.165, 1.54) is 0 Å². The van der Waals surface area contributed by atoms with Gasteiger partial charge in [0.1, 0.15) is 17.5 Å². The fourth-order valence-corrected chi connectivity index (χ4v) is 4.52. The summed E-state index contributed by atoms with van der Waals surface area (Å²) in [5.41, 5.74) is 3.21. The van der Waals surface area contributed by atoms with Crippen LogP contribution in [0.5, 0.6) is 11.5 Å². The van der Waals surface area contributed by atoms with Gasteiger partial charge in [-0.15, -0.1) is 5.10 Å². The number of hydrogen-bond donors (Lipinski definition) is 2. The molecule has 10 heteroatoms. The zero-order valence-electron chi connectivity index (χ0n) is 20.3. The maximum Gasteiger partial charge on any atom is 0.255 e. The summed E-state index contributed by atoms with van der Waals surface area (Å²) in [4.78, 5) is 18.3. The van der Waals surface area contributed by atoms with Crippen LogP contribution in [0.4, 0.5) is 11.6 Å². The molecule has 0 fully saturated rings. The molecule has 4 aromatic rings. The van der Waals surface area contributed by atoms with Gasteiger partial charge in [-0.3, -0.25) is 4.79 Å². The summed E-state index contributed by atoms with van der Waals surface area (Å²) in [7, 11) is 3.16. The largest absolute Gasteiger partial charge is 0.497 e. The Kier molecular flexibility index (Phi) is 6.78. The van der Waals surface area contributed by atoms with Crippen molar-refractivity contribution in [1.82, 2.24) is 14.8 Å². The zero-order chi connectivity index (χ0) is 26.1. The minimum absolute atomic E-state index is 0.280. The predicted molar refractivity (Wildman–Crippen MR) is 145 cm³/mol. The Morgan fingerprint density at radius 2 is 1.68 bits per heavy atom. The molecular formula is C27H23Cl2N5O3. The number of halogens is 2. The normalized spacial score (nSPS) is 14.6. The number of para-hydroxylation sites is 1. The van der Waals surface area contributed by atoms with Crippen LogP contribution in [0.15, 0.2) is 78.0 Å². The van der Waals surface area contributed by atoms with Crippen molar-refractivity contribution < 1.29 is 14.3 Å². The van der Waals surface area contributed by atoms with Crippen LogP contribution in [0.1, 0.15) is 18.5 Å². The van der Waals surface area contributed by atoms with Crippen LogP contribution in [0.25, 0.3) is 11.4 Å². The number of amides is 1. The minimum Gasteiger partial charge on any atom is -0.497 e. The highest BCUT2D eigenvalue weighted by Gasteiger charge is 2.35. The lowest BCUT2D eigenvalue weighted by Crippen LogP contribution is -2.31. The first kappa shape index (κ1) is 24.7. The summed E-state index contributed by atoms with van der Waals surface area (Å²) in [6.07, 6.45) is 0. The average molecular weight is 536 g/mol. The Bertz CT molecular complexity index is 1500. The molecule has 1 amide bonds. The number of carbonyl (C=O) groups excluding carboxylic acids is 1. The Morgan fingerprint density at radius 1 is 0.973 bits per heavy atom. The maximum absolute atomic E-state index is 13.6. The van der Waals surface area contributed by atoms with E-state index in [4.69, 9.17) is 42.8 Å². The van der Waals surface area contributed by atoms with Gasteiger partial charge in [0.2, 0.25) is 5.95 Å². The van der Waals surface area contributed by atoms with Crippen LogP contribution in [-0.4, -0.2) is 34.9 Å². The van der Waals surface area contributed by atoms with Gasteiger partial charge in [-0.25, -0.2) is 4.68 Å². The van der Waals surface area contributed by atoms with Crippen molar-refractivity contribution in [2.75, 3.05) is 24.9 Å². The Hall–Kier alpha value is -4.01. The number of nitrogens with one attached hydrogen (secondary N) is 2. The number of rotatable bonds is 6. The molecule has 1 aliphatic heterocycles. The molecule has 5 rings (SSSR count). The van der Waals surface area contributed by atoms with E-state index in [-0.39, 0.29) is 5.91 Å². The van der Waals surface area contributed by atoms with E-state index >= 15 is 0 Å². The number of ether oxygens (including phenoxy) is 2. The SMILES string of the molecule is COc1cc(OC)cc(-c2nc3n(n2)C(c2ccc(Cl)c(Cl)c2)C(C(=O)Nc2ccccc2)=C(C)N3)c1.